The lowest BCUT2D eigenvalue weighted by Crippen LogP contribution is -2.40. The lowest BCUT2D eigenvalue weighted by atomic mass is 10.1. The zero-order valence-electron chi connectivity index (χ0n) is 11.1. The number of fused-ring (bicyclic) bond motifs is 1. The molecule has 0 saturated carbocycles. The summed E-state index contributed by atoms with van der Waals surface area (Å²) in [6, 6.07) is 2.98. The number of benzene rings is 1. The highest BCUT2D eigenvalue weighted by molar-refractivity contribution is 6.32. The van der Waals surface area contributed by atoms with Crippen molar-refractivity contribution in [1.82, 2.24) is 10.6 Å². The second-order valence-electron chi connectivity index (χ2n) is 4.91. The predicted molar refractivity (Wildman–Crippen MR) is 74.2 cm³/mol. The molecular weight excluding hydrogens is 282 g/mol. The summed E-state index contributed by atoms with van der Waals surface area (Å²) < 4.78 is 10.5. The summed E-state index contributed by atoms with van der Waals surface area (Å²) in [4.78, 5) is 16.3. The van der Waals surface area contributed by atoms with Crippen LogP contribution in [0.2, 0.25) is 5.02 Å². The van der Waals surface area contributed by atoms with Gasteiger partial charge in [-0.15, -0.1) is 0 Å². The van der Waals surface area contributed by atoms with Crippen LogP contribution in [0.5, 0.6) is 11.5 Å². The summed E-state index contributed by atoms with van der Waals surface area (Å²) in [5.41, 5.74) is 0.678. The summed E-state index contributed by atoms with van der Waals surface area (Å²) in [6.07, 6.45) is 0. The summed E-state index contributed by atoms with van der Waals surface area (Å²) in [5.74, 6) is 1.34. The van der Waals surface area contributed by atoms with Crippen molar-refractivity contribution in [2.75, 3.05) is 6.79 Å². The fourth-order valence-corrected chi connectivity index (χ4v) is 2.40. The average molecular weight is 296 g/mol. The topological polar surface area (TPSA) is 72.0 Å². The van der Waals surface area contributed by atoms with Crippen LogP contribution < -0.4 is 20.1 Å². The monoisotopic (exact) mass is 295 g/mol. The van der Waals surface area contributed by atoms with E-state index in [1.807, 2.05) is 13.8 Å². The lowest BCUT2D eigenvalue weighted by molar-refractivity contribution is -0.120. The van der Waals surface area contributed by atoms with Gasteiger partial charge >= 0.3 is 0 Å². The second kappa shape index (κ2) is 4.86. The Morgan fingerprint density at radius 1 is 1.45 bits per heavy atom. The molecule has 7 heteroatoms. The molecule has 0 aliphatic carbocycles. The molecule has 1 aromatic carbocycles. The van der Waals surface area contributed by atoms with Crippen LogP contribution in [-0.4, -0.2) is 24.7 Å². The van der Waals surface area contributed by atoms with E-state index in [-0.39, 0.29) is 18.7 Å². The number of carbonyl (C=O) groups excluding carboxylic acids is 1. The van der Waals surface area contributed by atoms with Crippen LogP contribution in [0.25, 0.3) is 0 Å². The lowest BCUT2D eigenvalue weighted by Gasteiger charge is -2.07. The van der Waals surface area contributed by atoms with Crippen LogP contribution in [0, 0.1) is 0 Å². The molecule has 20 heavy (non-hydrogen) atoms. The Kier molecular flexibility index (Phi) is 3.17. The largest absolute Gasteiger partial charge is 0.454 e. The molecule has 0 bridgehead atoms. The van der Waals surface area contributed by atoms with E-state index in [2.05, 4.69) is 15.6 Å². The van der Waals surface area contributed by atoms with Crippen LogP contribution in [0.15, 0.2) is 17.1 Å². The SMILES string of the molecule is CC(C)NC1=NC(c2cc(Cl)c3c(c2)OCO3)C(=O)N1. The number of nitrogens with one attached hydrogen (secondary N) is 2. The molecule has 0 fully saturated rings. The Labute approximate surface area is 121 Å². The van der Waals surface area contributed by atoms with Gasteiger partial charge in [-0.25, -0.2) is 4.99 Å². The van der Waals surface area contributed by atoms with E-state index in [1.54, 1.807) is 12.1 Å². The molecular formula is C13H14ClN3O3. The molecule has 0 spiro atoms. The summed E-state index contributed by atoms with van der Waals surface area (Å²) >= 11 is 6.12. The smallest absolute Gasteiger partial charge is 0.256 e. The standard InChI is InChI=1S/C13H14ClN3O3/c1-6(2)15-13-16-10(12(18)17-13)7-3-8(14)11-9(4-7)19-5-20-11/h3-4,6,10H,5H2,1-2H3,(H2,15,16,17,18). The molecule has 2 aliphatic heterocycles. The molecule has 1 amide bonds. The average Bonchev–Trinajstić information content (AvgIpc) is 2.95. The molecule has 6 nitrogen and oxygen atoms in total. The molecule has 2 N–H and O–H groups in total. The highest BCUT2D eigenvalue weighted by Gasteiger charge is 2.30. The fourth-order valence-electron chi connectivity index (χ4n) is 2.12. The minimum atomic E-state index is -0.622. The third-order valence-electron chi connectivity index (χ3n) is 2.94. The first-order valence-corrected chi connectivity index (χ1v) is 6.66. The molecule has 1 aromatic rings. The Bertz CT molecular complexity index is 601. The minimum absolute atomic E-state index is 0.138. The van der Waals surface area contributed by atoms with Gasteiger partial charge in [-0.3, -0.25) is 10.1 Å². The van der Waals surface area contributed by atoms with E-state index in [9.17, 15) is 4.79 Å². The predicted octanol–water partition coefficient (Wildman–Crippen LogP) is 1.59. The number of aliphatic imine (C=N–C) groups is 1. The van der Waals surface area contributed by atoms with Crippen molar-refractivity contribution in [3.05, 3.63) is 22.7 Å². The van der Waals surface area contributed by atoms with Crippen LogP contribution >= 0.6 is 11.6 Å². The van der Waals surface area contributed by atoms with Gasteiger partial charge in [-0.2, -0.15) is 0 Å². The van der Waals surface area contributed by atoms with Gasteiger partial charge in [-0.05, 0) is 31.5 Å². The van der Waals surface area contributed by atoms with Crippen molar-refractivity contribution in [1.29, 1.82) is 0 Å². The first-order chi connectivity index (χ1) is 9.54. The number of hydrogen-bond donors (Lipinski definition) is 2. The highest BCUT2D eigenvalue weighted by Crippen LogP contribution is 2.41. The molecule has 0 saturated heterocycles. The summed E-state index contributed by atoms with van der Waals surface area (Å²) in [7, 11) is 0. The normalized spacial score (nSPS) is 20.1. The van der Waals surface area contributed by atoms with Crippen molar-refractivity contribution >= 4 is 23.5 Å². The fraction of sp³-hybridized carbons (Fsp3) is 0.385. The minimum Gasteiger partial charge on any atom is -0.454 e. The molecule has 2 aliphatic rings. The second-order valence-corrected chi connectivity index (χ2v) is 5.31. The summed E-state index contributed by atoms with van der Waals surface area (Å²) in [5, 5.41) is 6.19. The van der Waals surface area contributed by atoms with E-state index < -0.39 is 6.04 Å². The van der Waals surface area contributed by atoms with Gasteiger partial charge in [-0.1, -0.05) is 11.6 Å². The number of carbonyl (C=O) groups is 1. The van der Waals surface area contributed by atoms with Crippen LogP contribution in [0.3, 0.4) is 0 Å². The number of ether oxygens (including phenoxy) is 2. The number of hydrogen-bond acceptors (Lipinski definition) is 5. The Morgan fingerprint density at radius 3 is 3.00 bits per heavy atom. The third kappa shape index (κ3) is 2.27. The number of nitrogens with zero attached hydrogens (tertiary/aromatic N) is 1. The van der Waals surface area contributed by atoms with Gasteiger partial charge in [0.1, 0.15) is 0 Å². The molecule has 0 radical (unpaired) electrons. The van der Waals surface area contributed by atoms with Crippen LogP contribution in [0.4, 0.5) is 0 Å². The molecule has 3 rings (SSSR count). The molecule has 2 heterocycles. The maximum atomic E-state index is 12.0. The highest BCUT2D eigenvalue weighted by atomic mass is 35.5. The van der Waals surface area contributed by atoms with Gasteiger partial charge in [0.05, 0.1) is 5.02 Å². The molecule has 1 atom stereocenters. The number of rotatable bonds is 2. The van der Waals surface area contributed by atoms with Gasteiger partial charge < -0.3 is 14.8 Å². The van der Waals surface area contributed by atoms with E-state index in [0.29, 0.717) is 28.0 Å². The quantitative estimate of drug-likeness (QED) is 0.869. The van der Waals surface area contributed by atoms with Gasteiger partial charge in [0.15, 0.2) is 23.5 Å². The van der Waals surface area contributed by atoms with Crippen LogP contribution in [-0.2, 0) is 4.79 Å². The number of halogens is 1. The maximum absolute atomic E-state index is 12.0. The summed E-state index contributed by atoms with van der Waals surface area (Å²) in [6.45, 7) is 4.08. The van der Waals surface area contributed by atoms with Crippen molar-refractivity contribution in [2.24, 2.45) is 4.99 Å². The van der Waals surface area contributed by atoms with Gasteiger partial charge in [0.2, 0.25) is 6.79 Å². The third-order valence-corrected chi connectivity index (χ3v) is 3.22. The van der Waals surface area contributed by atoms with Gasteiger partial charge in [0.25, 0.3) is 5.91 Å². The maximum Gasteiger partial charge on any atom is 0.256 e. The first kappa shape index (κ1) is 13.1. The zero-order chi connectivity index (χ0) is 14.3. The molecule has 0 aromatic heterocycles. The van der Waals surface area contributed by atoms with Crippen molar-refractivity contribution in [3.63, 3.8) is 0 Å². The Morgan fingerprint density at radius 2 is 2.25 bits per heavy atom. The van der Waals surface area contributed by atoms with Crippen molar-refractivity contribution < 1.29 is 14.3 Å². The van der Waals surface area contributed by atoms with Crippen LogP contribution in [0.1, 0.15) is 25.5 Å². The Hall–Kier alpha value is -1.95. The molecule has 1 unspecified atom stereocenters. The zero-order valence-corrected chi connectivity index (χ0v) is 11.8. The number of guanidine groups is 1. The van der Waals surface area contributed by atoms with E-state index in [1.165, 1.54) is 0 Å². The van der Waals surface area contributed by atoms with Crippen molar-refractivity contribution in [2.45, 2.75) is 25.9 Å². The van der Waals surface area contributed by atoms with E-state index in [4.69, 9.17) is 21.1 Å². The van der Waals surface area contributed by atoms with Gasteiger partial charge in [0, 0.05) is 6.04 Å². The number of amides is 1. The Balaban J connectivity index is 1.91. The first-order valence-electron chi connectivity index (χ1n) is 6.29. The van der Waals surface area contributed by atoms with E-state index in [0.717, 1.165) is 0 Å². The molecule has 106 valence electrons. The van der Waals surface area contributed by atoms with E-state index >= 15 is 0 Å². The van der Waals surface area contributed by atoms with Crippen molar-refractivity contribution in [3.8, 4) is 11.5 Å².